The molecule has 0 unspecified atom stereocenters. The van der Waals surface area contributed by atoms with Gasteiger partial charge < -0.3 is 0 Å². The first-order valence-corrected chi connectivity index (χ1v) is 21.2. The van der Waals surface area contributed by atoms with Gasteiger partial charge in [-0.2, -0.15) is 0 Å². The molecule has 0 aromatic heterocycles. The van der Waals surface area contributed by atoms with E-state index in [1.165, 1.54) is 0 Å². The Morgan fingerprint density at radius 3 is 0.778 bits per heavy atom. The molecule has 0 radical (unpaired) electrons. The summed E-state index contributed by atoms with van der Waals surface area (Å²) >= 11 is 0. The molecule has 3 rings (SSSR count). The van der Waals surface area contributed by atoms with Crippen LogP contribution in [0.2, 0.25) is 52.4 Å². The number of benzene rings is 1. The smallest absolute Gasteiger partial charge is 0.0671 e. The summed E-state index contributed by atoms with van der Waals surface area (Å²) in [5.41, 5.74) is 0. The molecule has 98 valence electrons. The van der Waals surface area contributed by atoms with Crippen molar-refractivity contribution in [2.75, 3.05) is 0 Å². The van der Waals surface area contributed by atoms with Gasteiger partial charge in [0.1, 0.15) is 0 Å². The molecule has 4 heteroatoms. The SMILES string of the molecule is C[Si]1(C)c2cc3c(cc2[Si]1(C)C)[Si](C)(C)[Si]3(C)C. The summed E-state index contributed by atoms with van der Waals surface area (Å²) in [6.07, 6.45) is 0. The van der Waals surface area contributed by atoms with Crippen molar-refractivity contribution in [1.29, 1.82) is 0 Å². The lowest BCUT2D eigenvalue weighted by atomic mass is 10.3. The quantitative estimate of drug-likeness (QED) is 0.638. The molecule has 2 aliphatic rings. The van der Waals surface area contributed by atoms with Crippen molar-refractivity contribution in [3.63, 3.8) is 0 Å². The van der Waals surface area contributed by atoms with Crippen LogP contribution in [0, 0.1) is 0 Å². The van der Waals surface area contributed by atoms with E-state index in [1.54, 1.807) is 0 Å². The van der Waals surface area contributed by atoms with Gasteiger partial charge in [-0.3, -0.25) is 0 Å². The molecule has 2 heterocycles. The summed E-state index contributed by atoms with van der Waals surface area (Å²) in [7, 11) is -4.21. The molecule has 0 amide bonds. The lowest BCUT2D eigenvalue weighted by Crippen LogP contribution is -2.91. The van der Waals surface area contributed by atoms with Crippen LogP contribution in [-0.4, -0.2) is 30.4 Å². The lowest BCUT2D eigenvalue weighted by Gasteiger charge is -2.57. The van der Waals surface area contributed by atoms with Crippen LogP contribution in [0.5, 0.6) is 0 Å². The van der Waals surface area contributed by atoms with Crippen LogP contribution in [0.4, 0.5) is 0 Å². The zero-order valence-corrected chi connectivity index (χ0v) is 17.2. The fourth-order valence-electron chi connectivity index (χ4n) is 3.89. The molecule has 1 aromatic rings. The highest BCUT2D eigenvalue weighted by Gasteiger charge is 2.60. The van der Waals surface area contributed by atoms with E-state index in [0.717, 1.165) is 0 Å². The highest BCUT2D eigenvalue weighted by atomic mass is 29.3. The van der Waals surface area contributed by atoms with E-state index in [-0.39, 0.29) is 0 Å². The Kier molecular flexibility index (Phi) is 2.22. The molecular weight excluding hydrogens is 280 g/mol. The van der Waals surface area contributed by atoms with Crippen molar-refractivity contribution >= 4 is 51.1 Å². The van der Waals surface area contributed by atoms with Crippen molar-refractivity contribution < 1.29 is 0 Å². The molecule has 0 atom stereocenters. The Morgan fingerprint density at radius 1 is 0.444 bits per heavy atom. The average molecular weight is 307 g/mol. The van der Waals surface area contributed by atoms with Gasteiger partial charge in [0.25, 0.3) is 0 Å². The van der Waals surface area contributed by atoms with E-state index in [2.05, 4.69) is 64.5 Å². The van der Waals surface area contributed by atoms with Gasteiger partial charge >= 0.3 is 0 Å². The summed E-state index contributed by atoms with van der Waals surface area (Å²) in [6.45, 7) is 20.9. The van der Waals surface area contributed by atoms with Crippen LogP contribution in [0.15, 0.2) is 12.1 Å². The van der Waals surface area contributed by atoms with Crippen molar-refractivity contribution in [1.82, 2.24) is 0 Å². The molecule has 2 aliphatic heterocycles. The van der Waals surface area contributed by atoms with Gasteiger partial charge in [-0.05, 0) is 0 Å². The third kappa shape index (κ3) is 1.09. The first-order valence-electron chi connectivity index (χ1n) is 7.15. The first-order chi connectivity index (χ1) is 7.95. The largest absolute Gasteiger partial charge is 0.0789 e. The highest BCUT2D eigenvalue weighted by molar-refractivity contribution is 7.59. The van der Waals surface area contributed by atoms with Gasteiger partial charge in [-0.25, -0.2) is 0 Å². The van der Waals surface area contributed by atoms with E-state index >= 15 is 0 Å². The van der Waals surface area contributed by atoms with Crippen LogP contribution in [0.1, 0.15) is 0 Å². The molecule has 0 bridgehead atoms. The summed E-state index contributed by atoms with van der Waals surface area (Å²) in [5, 5.41) is 7.34. The van der Waals surface area contributed by atoms with E-state index in [1.807, 2.05) is 20.7 Å². The van der Waals surface area contributed by atoms with Crippen LogP contribution in [0.3, 0.4) is 0 Å². The van der Waals surface area contributed by atoms with Gasteiger partial charge in [0.15, 0.2) is 0 Å². The normalized spacial score (nSPS) is 27.6. The Bertz CT molecular complexity index is 469. The molecule has 0 aliphatic carbocycles. The monoisotopic (exact) mass is 306 g/mol. The van der Waals surface area contributed by atoms with Crippen molar-refractivity contribution in [3.05, 3.63) is 12.1 Å². The lowest BCUT2D eigenvalue weighted by molar-refractivity contribution is 1.64. The number of hydrogen-bond donors (Lipinski definition) is 0. The van der Waals surface area contributed by atoms with Crippen LogP contribution in [-0.2, 0) is 0 Å². The van der Waals surface area contributed by atoms with Crippen molar-refractivity contribution in [2.24, 2.45) is 0 Å². The van der Waals surface area contributed by atoms with Gasteiger partial charge in [0.2, 0.25) is 0 Å². The Labute approximate surface area is 115 Å². The highest BCUT2D eigenvalue weighted by Crippen LogP contribution is 2.31. The first kappa shape index (κ1) is 13.1. The van der Waals surface area contributed by atoms with Crippen molar-refractivity contribution in [2.45, 2.75) is 52.4 Å². The molecule has 0 nitrogen and oxygen atoms in total. The summed E-state index contributed by atoms with van der Waals surface area (Å²) in [6, 6.07) is 5.39. The molecule has 18 heavy (non-hydrogen) atoms. The fraction of sp³-hybridized carbons (Fsp3) is 0.571. The Balaban J connectivity index is 2.26. The average Bonchev–Trinajstić information content (AvgIpc) is 2.26. The second-order valence-electron chi connectivity index (χ2n) is 8.44. The predicted octanol–water partition coefficient (Wildman–Crippen LogP) is 1.53. The molecule has 0 saturated carbocycles. The number of rotatable bonds is 0. The molecule has 1 aromatic carbocycles. The maximum Gasteiger partial charge on any atom is 0.0789 e. The molecule has 0 N–H and O–H groups in total. The molecule has 0 spiro atoms. The zero-order chi connectivity index (χ0) is 13.7. The summed E-state index contributed by atoms with van der Waals surface area (Å²) < 4.78 is 0. The standard InChI is InChI=1S/C14H26Si4/c1-15(2)11-9-13-14(10-12(11)16(15,3)4)18(7,8)17(13,5)6/h9-10H,1-8H3. The number of hydrogen-bond acceptors (Lipinski definition) is 0. The van der Waals surface area contributed by atoms with Gasteiger partial charge in [-0.15, -0.1) is 0 Å². The van der Waals surface area contributed by atoms with Crippen molar-refractivity contribution in [3.8, 4) is 0 Å². The third-order valence-electron chi connectivity index (χ3n) is 6.98. The summed E-state index contributed by atoms with van der Waals surface area (Å²) in [5.74, 6) is 0. The van der Waals surface area contributed by atoms with Gasteiger partial charge in [0, 0.05) is 0 Å². The topological polar surface area (TPSA) is 0 Å². The maximum atomic E-state index is 2.69. The van der Waals surface area contributed by atoms with Gasteiger partial charge in [-0.1, -0.05) is 85.3 Å². The van der Waals surface area contributed by atoms with Crippen LogP contribution < -0.4 is 20.7 Å². The Morgan fingerprint density at radius 2 is 0.611 bits per heavy atom. The predicted molar refractivity (Wildman–Crippen MR) is 94.9 cm³/mol. The minimum atomic E-state index is -1.05. The second-order valence-corrected chi connectivity index (χ2v) is 38.6. The van der Waals surface area contributed by atoms with E-state index in [4.69, 9.17) is 0 Å². The van der Waals surface area contributed by atoms with E-state index in [0.29, 0.717) is 0 Å². The number of fused-ring (bicyclic) bond motifs is 2. The zero-order valence-electron chi connectivity index (χ0n) is 13.2. The van der Waals surface area contributed by atoms with E-state index < -0.39 is 30.4 Å². The Hall–Kier alpha value is 0.0875. The second kappa shape index (κ2) is 3.05. The fourth-order valence-corrected chi connectivity index (χ4v) is 24.4. The minimum absolute atomic E-state index is 1.05. The van der Waals surface area contributed by atoms with Crippen LogP contribution >= 0.6 is 0 Å². The molecule has 0 fully saturated rings. The van der Waals surface area contributed by atoms with Crippen LogP contribution in [0.25, 0.3) is 0 Å². The molecular formula is C14H26Si4. The maximum absolute atomic E-state index is 2.69. The van der Waals surface area contributed by atoms with Gasteiger partial charge in [0.05, 0.1) is 30.4 Å². The third-order valence-corrected chi connectivity index (χ3v) is 42.7. The van der Waals surface area contributed by atoms with E-state index in [9.17, 15) is 0 Å². The minimum Gasteiger partial charge on any atom is -0.0671 e. The molecule has 0 saturated heterocycles. The summed E-state index contributed by atoms with van der Waals surface area (Å²) in [4.78, 5) is 0.